The van der Waals surface area contributed by atoms with Crippen LogP contribution < -0.4 is 10.6 Å². The van der Waals surface area contributed by atoms with Crippen molar-refractivity contribution < 1.29 is 4.39 Å². The van der Waals surface area contributed by atoms with Crippen LogP contribution in [0.3, 0.4) is 0 Å². The summed E-state index contributed by atoms with van der Waals surface area (Å²) in [5.41, 5.74) is 0.596. The molecule has 0 saturated heterocycles. The molecule has 0 amide bonds. The van der Waals surface area contributed by atoms with Crippen molar-refractivity contribution in [2.45, 2.75) is 13.0 Å². The van der Waals surface area contributed by atoms with Gasteiger partial charge in [-0.15, -0.1) is 0 Å². The minimum Gasteiger partial charge on any atom is -0.362 e. The lowest BCUT2D eigenvalue weighted by atomic mass is 10.1. The quantitative estimate of drug-likeness (QED) is 0.902. The molecule has 2 rings (SSSR count). The summed E-state index contributed by atoms with van der Waals surface area (Å²) in [6.45, 7) is 1.88. The molecule has 4 nitrogen and oxygen atoms in total. The van der Waals surface area contributed by atoms with Crippen molar-refractivity contribution in [1.82, 2.24) is 9.97 Å². The molecule has 1 atom stereocenters. The standard InChI is InChI=1S/C13H14BrFN4/c1-8(9-5-3-4-6-11(9)15)18-12-10(14)7-17-13(16-2)19-12/h3-8H,1-2H3,(H2,16,17,18,19). The van der Waals surface area contributed by atoms with E-state index in [0.29, 0.717) is 17.3 Å². The SMILES string of the molecule is CNc1ncc(Br)c(NC(C)c2ccccc2F)n1. The average molecular weight is 325 g/mol. The predicted molar refractivity (Wildman–Crippen MR) is 77.7 cm³/mol. The zero-order valence-electron chi connectivity index (χ0n) is 10.6. The van der Waals surface area contributed by atoms with Gasteiger partial charge in [-0.3, -0.25) is 0 Å². The number of nitrogens with zero attached hydrogens (tertiary/aromatic N) is 2. The van der Waals surface area contributed by atoms with Gasteiger partial charge in [-0.05, 0) is 28.9 Å². The lowest BCUT2D eigenvalue weighted by Gasteiger charge is -2.16. The van der Waals surface area contributed by atoms with E-state index in [1.165, 1.54) is 6.07 Å². The molecule has 0 saturated carbocycles. The van der Waals surface area contributed by atoms with Gasteiger partial charge in [0.15, 0.2) is 0 Å². The highest BCUT2D eigenvalue weighted by atomic mass is 79.9. The number of aromatic nitrogens is 2. The fraction of sp³-hybridized carbons (Fsp3) is 0.231. The van der Waals surface area contributed by atoms with Crippen molar-refractivity contribution >= 4 is 27.7 Å². The van der Waals surface area contributed by atoms with Crippen molar-refractivity contribution in [2.24, 2.45) is 0 Å². The number of halogens is 2. The van der Waals surface area contributed by atoms with Crippen LogP contribution in [0.1, 0.15) is 18.5 Å². The highest BCUT2D eigenvalue weighted by molar-refractivity contribution is 9.10. The number of benzene rings is 1. The van der Waals surface area contributed by atoms with Crippen LogP contribution in [0.4, 0.5) is 16.2 Å². The Kier molecular flexibility index (Phi) is 4.31. The molecular formula is C13H14BrFN4. The van der Waals surface area contributed by atoms with Gasteiger partial charge in [0, 0.05) is 18.8 Å². The first-order chi connectivity index (χ1) is 9.11. The molecule has 1 aromatic carbocycles. The highest BCUT2D eigenvalue weighted by Crippen LogP contribution is 2.26. The van der Waals surface area contributed by atoms with E-state index in [1.54, 1.807) is 25.4 Å². The van der Waals surface area contributed by atoms with Gasteiger partial charge in [-0.25, -0.2) is 9.37 Å². The van der Waals surface area contributed by atoms with E-state index in [-0.39, 0.29) is 11.9 Å². The van der Waals surface area contributed by atoms with Crippen LogP contribution in [0.5, 0.6) is 0 Å². The third-order valence-electron chi connectivity index (χ3n) is 2.69. The molecule has 0 fully saturated rings. The molecule has 0 bridgehead atoms. The maximum absolute atomic E-state index is 13.7. The fourth-order valence-electron chi connectivity index (χ4n) is 1.70. The molecule has 0 spiro atoms. The van der Waals surface area contributed by atoms with Gasteiger partial charge in [0.2, 0.25) is 5.95 Å². The Bertz CT molecular complexity index is 576. The van der Waals surface area contributed by atoms with Gasteiger partial charge in [0.25, 0.3) is 0 Å². The second-order valence-corrected chi connectivity index (χ2v) is 4.88. The van der Waals surface area contributed by atoms with Crippen molar-refractivity contribution in [3.05, 3.63) is 46.3 Å². The Hall–Kier alpha value is -1.69. The first-order valence-electron chi connectivity index (χ1n) is 5.83. The Morgan fingerprint density at radius 1 is 1.32 bits per heavy atom. The monoisotopic (exact) mass is 324 g/mol. The lowest BCUT2D eigenvalue weighted by molar-refractivity contribution is 0.600. The predicted octanol–water partition coefficient (Wildman–Crippen LogP) is 3.59. The second kappa shape index (κ2) is 5.97. The summed E-state index contributed by atoms with van der Waals surface area (Å²) in [6, 6.07) is 6.48. The highest BCUT2D eigenvalue weighted by Gasteiger charge is 2.13. The summed E-state index contributed by atoms with van der Waals surface area (Å²) in [5.74, 6) is 0.892. The molecule has 0 aliphatic rings. The maximum Gasteiger partial charge on any atom is 0.224 e. The van der Waals surface area contributed by atoms with Crippen LogP contribution in [0, 0.1) is 5.82 Å². The van der Waals surface area contributed by atoms with Crippen LogP contribution in [0.25, 0.3) is 0 Å². The number of hydrogen-bond acceptors (Lipinski definition) is 4. The molecule has 6 heteroatoms. The van der Waals surface area contributed by atoms with E-state index in [4.69, 9.17) is 0 Å². The van der Waals surface area contributed by atoms with E-state index in [2.05, 4.69) is 36.5 Å². The van der Waals surface area contributed by atoms with Crippen LogP contribution >= 0.6 is 15.9 Å². The minimum atomic E-state index is -0.235. The molecule has 1 aromatic heterocycles. The number of rotatable bonds is 4. The van der Waals surface area contributed by atoms with Crippen LogP contribution in [-0.4, -0.2) is 17.0 Å². The number of hydrogen-bond donors (Lipinski definition) is 2. The van der Waals surface area contributed by atoms with E-state index < -0.39 is 0 Å². The molecule has 0 aliphatic heterocycles. The topological polar surface area (TPSA) is 49.8 Å². The first-order valence-corrected chi connectivity index (χ1v) is 6.62. The van der Waals surface area contributed by atoms with Crippen LogP contribution in [-0.2, 0) is 0 Å². The smallest absolute Gasteiger partial charge is 0.224 e. The van der Waals surface area contributed by atoms with Gasteiger partial charge < -0.3 is 10.6 Å². The normalized spacial score (nSPS) is 12.0. The molecule has 2 aromatic rings. The molecule has 19 heavy (non-hydrogen) atoms. The van der Waals surface area contributed by atoms with E-state index in [1.807, 2.05) is 13.0 Å². The van der Waals surface area contributed by atoms with Crippen molar-refractivity contribution in [1.29, 1.82) is 0 Å². The first kappa shape index (κ1) is 13.7. The largest absolute Gasteiger partial charge is 0.362 e. The zero-order valence-corrected chi connectivity index (χ0v) is 12.2. The van der Waals surface area contributed by atoms with Gasteiger partial charge in [-0.2, -0.15) is 4.98 Å². The number of nitrogens with one attached hydrogen (secondary N) is 2. The summed E-state index contributed by atoms with van der Waals surface area (Å²) in [4.78, 5) is 8.36. The van der Waals surface area contributed by atoms with Crippen LogP contribution in [0.15, 0.2) is 34.9 Å². The third kappa shape index (κ3) is 3.20. The van der Waals surface area contributed by atoms with E-state index in [9.17, 15) is 4.39 Å². The molecular weight excluding hydrogens is 311 g/mol. The average Bonchev–Trinajstić information content (AvgIpc) is 2.41. The van der Waals surface area contributed by atoms with Gasteiger partial charge in [-0.1, -0.05) is 18.2 Å². The Morgan fingerprint density at radius 3 is 2.74 bits per heavy atom. The Morgan fingerprint density at radius 2 is 2.05 bits per heavy atom. The molecule has 2 N–H and O–H groups in total. The van der Waals surface area contributed by atoms with Crippen LogP contribution in [0.2, 0.25) is 0 Å². The molecule has 1 heterocycles. The molecule has 0 aliphatic carbocycles. The van der Waals surface area contributed by atoms with Crippen molar-refractivity contribution in [3.8, 4) is 0 Å². The summed E-state index contributed by atoms with van der Waals surface area (Å²) in [6.07, 6.45) is 1.65. The lowest BCUT2D eigenvalue weighted by Crippen LogP contribution is -2.11. The Labute approximate surface area is 119 Å². The van der Waals surface area contributed by atoms with E-state index >= 15 is 0 Å². The Balaban J connectivity index is 2.24. The van der Waals surface area contributed by atoms with Gasteiger partial charge in [0.05, 0.1) is 10.5 Å². The summed E-state index contributed by atoms with van der Waals surface area (Å²) in [7, 11) is 1.74. The summed E-state index contributed by atoms with van der Waals surface area (Å²) in [5, 5.41) is 6.03. The second-order valence-electron chi connectivity index (χ2n) is 4.03. The van der Waals surface area contributed by atoms with Crippen molar-refractivity contribution in [2.75, 3.05) is 17.7 Å². The molecule has 0 radical (unpaired) electrons. The van der Waals surface area contributed by atoms with E-state index in [0.717, 1.165) is 4.47 Å². The fourth-order valence-corrected chi connectivity index (χ4v) is 2.00. The van der Waals surface area contributed by atoms with Gasteiger partial charge in [0.1, 0.15) is 11.6 Å². The molecule has 100 valence electrons. The maximum atomic E-state index is 13.7. The number of anilines is 2. The van der Waals surface area contributed by atoms with Gasteiger partial charge >= 0.3 is 0 Å². The summed E-state index contributed by atoms with van der Waals surface area (Å²) < 4.78 is 14.4. The summed E-state index contributed by atoms with van der Waals surface area (Å²) >= 11 is 3.37. The van der Waals surface area contributed by atoms with Crippen molar-refractivity contribution in [3.63, 3.8) is 0 Å². The zero-order chi connectivity index (χ0) is 13.8. The molecule has 1 unspecified atom stereocenters. The third-order valence-corrected chi connectivity index (χ3v) is 3.27. The minimum absolute atomic E-state index is 0.197.